The number of thioether (sulfide) groups is 1. The van der Waals surface area contributed by atoms with Crippen molar-refractivity contribution in [2.45, 2.75) is 10.9 Å². The molecule has 0 radical (unpaired) electrons. The van der Waals surface area contributed by atoms with E-state index in [1.165, 1.54) is 6.21 Å². The van der Waals surface area contributed by atoms with Crippen LogP contribution in [0.4, 0.5) is 0 Å². The number of carbonyl (C=O) groups excluding carboxylic acids is 1. The monoisotopic (exact) mass is 441 g/mol. The van der Waals surface area contributed by atoms with E-state index in [1.807, 2.05) is 23.7 Å². The van der Waals surface area contributed by atoms with E-state index in [-0.39, 0.29) is 5.91 Å². The minimum Gasteiger partial charge on any atom is -0.496 e. The largest absolute Gasteiger partial charge is 0.496 e. The molecule has 1 N–H and O–H groups in total. The number of aryl methyl sites for hydroxylation is 1. The number of carbonyl (C=O) groups is 1. The zero-order valence-corrected chi connectivity index (χ0v) is 18.5. The lowest BCUT2D eigenvalue weighted by Gasteiger charge is -2.11. The van der Waals surface area contributed by atoms with Gasteiger partial charge in [-0.15, -0.1) is 10.2 Å². The number of hydrogen-bond acceptors (Lipinski definition) is 8. The van der Waals surface area contributed by atoms with Gasteiger partial charge in [0, 0.05) is 30.0 Å². The Bertz CT molecular complexity index is 1070. The quantitative estimate of drug-likeness (QED) is 0.310. The van der Waals surface area contributed by atoms with Crippen LogP contribution in [0.1, 0.15) is 21.5 Å². The summed E-state index contributed by atoms with van der Waals surface area (Å²) < 4.78 is 17.8. The van der Waals surface area contributed by atoms with Crippen molar-refractivity contribution in [2.24, 2.45) is 12.1 Å². The minimum absolute atomic E-state index is 0.316. The summed E-state index contributed by atoms with van der Waals surface area (Å²) in [6, 6.07) is 10.7. The van der Waals surface area contributed by atoms with Gasteiger partial charge >= 0.3 is 0 Å². The lowest BCUT2D eigenvalue weighted by molar-refractivity contribution is 0.0955. The average molecular weight is 442 g/mol. The Hall–Kier alpha value is -3.53. The highest BCUT2D eigenvalue weighted by Gasteiger charge is 2.11. The molecule has 162 valence electrons. The lowest BCUT2D eigenvalue weighted by Crippen LogP contribution is -2.17. The zero-order chi connectivity index (χ0) is 22.2. The summed E-state index contributed by atoms with van der Waals surface area (Å²) in [6.07, 6.45) is 3.15. The van der Waals surface area contributed by atoms with Gasteiger partial charge in [0.15, 0.2) is 16.7 Å². The molecule has 0 unspecified atom stereocenters. The van der Waals surface area contributed by atoms with Gasteiger partial charge in [-0.2, -0.15) is 5.10 Å². The molecule has 2 aromatic carbocycles. The van der Waals surface area contributed by atoms with Crippen LogP contribution in [0.3, 0.4) is 0 Å². The highest BCUT2D eigenvalue weighted by molar-refractivity contribution is 7.98. The molecule has 3 aromatic rings. The molecule has 1 heterocycles. The molecule has 1 aromatic heterocycles. The van der Waals surface area contributed by atoms with E-state index in [0.29, 0.717) is 28.4 Å². The SMILES string of the molecule is COc1cc(OC)c(OC)cc1C=NNC(=O)c1ccc(CSc2nncn2C)cc1. The predicted molar refractivity (Wildman–Crippen MR) is 118 cm³/mol. The van der Waals surface area contributed by atoms with E-state index < -0.39 is 0 Å². The highest BCUT2D eigenvalue weighted by Crippen LogP contribution is 2.33. The maximum Gasteiger partial charge on any atom is 0.271 e. The number of hydrazone groups is 1. The third-order valence-electron chi connectivity index (χ3n) is 4.36. The molecule has 0 aliphatic heterocycles. The van der Waals surface area contributed by atoms with E-state index in [0.717, 1.165) is 16.5 Å². The number of nitrogens with zero attached hydrogens (tertiary/aromatic N) is 4. The predicted octanol–water partition coefficient (Wildman–Crippen LogP) is 2.90. The van der Waals surface area contributed by atoms with Gasteiger partial charge in [0.1, 0.15) is 12.1 Å². The standard InChI is InChI=1S/C21H23N5O4S/c1-26-13-23-25-21(26)31-12-14-5-7-15(8-6-14)20(27)24-22-11-16-9-18(29-3)19(30-4)10-17(16)28-2/h5-11,13H,12H2,1-4H3,(H,24,27). The maximum absolute atomic E-state index is 12.4. The fraction of sp³-hybridized carbons (Fsp3) is 0.238. The molecule has 0 saturated heterocycles. The number of aromatic nitrogens is 3. The first kappa shape index (κ1) is 22.2. The molecule has 0 atom stereocenters. The summed E-state index contributed by atoms with van der Waals surface area (Å²) in [7, 11) is 6.53. The Labute approximate surface area is 184 Å². The summed E-state index contributed by atoms with van der Waals surface area (Å²) >= 11 is 1.58. The second-order valence-electron chi connectivity index (χ2n) is 6.36. The van der Waals surface area contributed by atoms with Gasteiger partial charge in [-0.25, -0.2) is 5.43 Å². The van der Waals surface area contributed by atoms with Gasteiger partial charge in [-0.3, -0.25) is 4.79 Å². The summed E-state index contributed by atoms with van der Waals surface area (Å²) in [4.78, 5) is 12.4. The van der Waals surface area contributed by atoms with Crippen LogP contribution in [0.25, 0.3) is 0 Å². The van der Waals surface area contributed by atoms with Crippen LogP contribution >= 0.6 is 11.8 Å². The van der Waals surface area contributed by atoms with E-state index in [1.54, 1.807) is 63.7 Å². The Morgan fingerprint density at radius 3 is 2.39 bits per heavy atom. The Balaban J connectivity index is 1.61. The molecule has 1 amide bonds. The normalized spacial score (nSPS) is 10.8. The van der Waals surface area contributed by atoms with Crippen LogP contribution in [-0.2, 0) is 12.8 Å². The van der Waals surface area contributed by atoms with Gasteiger partial charge in [0.2, 0.25) is 0 Å². The molecular formula is C21H23N5O4S. The molecule has 9 nitrogen and oxygen atoms in total. The molecule has 0 bridgehead atoms. The first-order chi connectivity index (χ1) is 15.0. The van der Waals surface area contributed by atoms with Crippen molar-refractivity contribution in [1.82, 2.24) is 20.2 Å². The molecule has 0 fully saturated rings. The average Bonchev–Trinajstić information content (AvgIpc) is 3.22. The number of amides is 1. The summed E-state index contributed by atoms with van der Waals surface area (Å²) in [6.45, 7) is 0. The first-order valence-electron chi connectivity index (χ1n) is 9.24. The van der Waals surface area contributed by atoms with Crippen molar-refractivity contribution in [3.63, 3.8) is 0 Å². The van der Waals surface area contributed by atoms with Crippen LogP contribution < -0.4 is 19.6 Å². The van der Waals surface area contributed by atoms with Crippen molar-refractivity contribution in [2.75, 3.05) is 21.3 Å². The van der Waals surface area contributed by atoms with Crippen LogP contribution in [-0.4, -0.2) is 48.2 Å². The summed E-state index contributed by atoms with van der Waals surface area (Å²) in [5, 5.41) is 12.8. The topological polar surface area (TPSA) is 99.9 Å². The minimum atomic E-state index is -0.316. The molecule has 31 heavy (non-hydrogen) atoms. The molecule has 0 aliphatic rings. The summed E-state index contributed by atoms with van der Waals surface area (Å²) in [5.41, 5.74) is 4.73. The van der Waals surface area contributed by atoms with E-state index >= 15 is 0 Å². The second kappa shape index (κ2) is 10.5. The maximum atomic E-state index is 12.4. The first-order valence-corrected chi connectivity index (χ1v) is 10.2. The van der Waals surface area contributed by atoms with Crippen molar-refractivity contribution < 1.29 is 19.0 Å². The zero-order valence-electron chi connectivity index (χ0n) is 17.7. The van der Waals surface area contributed by atoms with E-state index in [2.05, 4.69) is 20.7 Å². The number of hydrogen-bond donors (Lipinski definition) is 1. The van der Waals surface area contributed by atoms with Crippen LogP contribution in [0, 0.1) is 0 Å². The highest BCUT2D eigenvalue weighted by atomic mass is 32.2. The molecular weight excluding hydrogens is 418 g/mol. The number of rotatable bonds is 9. The molecule has 3 rings (SSSR count). The van der Waals surface area contributed by atoms with Crippen molar-refractivity contribution in [1.29, 1.82) is 0 Å². The number of ether oxygens (including phenoxy) is 3. The van der Waals surface area contributed by atoms with Crippen LogP contribution in [0.15, 0.2) is 53.0 Å². The third-order valence-corrected chi connectivity index (χ3v) is 5.47. The van der Waals surface area contributed by atoms with Crippen LogP contribution in [0.5, 0.6) is 17.2 Å². The molecule has 0 aliphatic carbocycles. The lowest BCUT2D eigenvalue weighted by atomic mass is 10.1. The van der Waals surface area contributed by atoms with Crippen LogP contribution in [0.2, 0.25) is 0 Å². The molecule has 0 saturated carbocycles. The van der Waals surface area contributed by atoms with Crippen molar-refractivity contribution in [3.8, 4) is 17.2 Å². The van der Waals surface area contributed by atoms with Gasteiger partial charge in [-0.05, 0) is 23.8 Å². The molecule has 0 spiro atoms. The van der Waals surface area contributed by atoms with E-state index in [9.17, 15) is 4.79 Å². The third kappa shape index (κ3) is 5.54. The van der Waals surface area contributed by atoms with Gasteiger partial charge < -0.3 is 18.8 Å². The Kier molecular flexibility index (Phi) is 7.50. The Morgan fingerprint density at radius 2 is 1.77 bits per heavy atom. The smallest absolute Gasteiger partial charge is 0.271 e. The fourth-order valence-corrected chi connectivity index (χ4v) is 3.53. The van der Waals surface area contributed by atoms with Gasteiger partial charge in [0.05, 0.1) is 27.5 Å². The number of nitrogens with one attached hydrogen (secondary N) is 1. The van der Waals surface area contributed by atoms with Gasteiger partial charge in [-0.1, -0.05) is 23.9 Å². The second-order valence-corrected chi connectivity index (χ2v) is 7.30. The van der Waals surface area contributed by atoms with E-state index in [4.69, 9.17) is 14.2 Å². The number of benzene rings is 2. The molecule has 10 heteroatoms. The van der Waals surface area contributed by atoms with Crippen molar-refractivity contribution in [3.05, 3.63) is 59.4 Å². The fourth-order valence-electron chi connectivity index (χ4n) is 2.68. The van der Waals surface area contributed by atoms with Crippen molar-refractivity contribution >= 4 is 23.9 Å². The number of methoxy groups -OCH3 is 3. The Morgan fingerprint density at radius 1 is 1.10 bits per heavy atom. The van der Waals surface area contributed by atoms with Gasteiger partial charge in [0.25, 0.3) is 5.91 Å². The summed E-state index contributed by atoms with van der Waals surface area (Å²) in [5.74, 6) is 2.03.